The summed E-state index contributed by atoms with van der Waals surface area (Å²) in [6, 6.07) is 0. The summed E-state index contributed by atoms with van der Waals surface area (Å²) < 4.78 is 0. The van der Waals surface area contributed by atoms with Crippen molar-refractivity contribution in [3.05, 3.63) is 0 Å². The Morgan fingerprint density at radius 2 is 2.07 bits per heavy atom. The number of carbonyl (C=O) groups excluding carboxylic acids is 2. The largest absolute Gasteiger partial charge is 0.370 e. The standard InChI is InChI=1S/C9H19N3O2/c1-3-5-11-9(14)7-12(2)6-4-8(10)13/h3-7H2,1-2H3,(H2,10,13)(H,11,14). The molecule has 0 aliphatic rings. The lowest BCUT2D eigenvalue weighted by Crippen LogP contribution is -2.36. The molecule has 0 saturated carbocycles. The highest BCUT2D eigenvalue weighted by molar-refractivity contribution is 5.78. The Balaban J connectivity index is 3.55. The third-order valence-corrected chi connectivity index (χ3v) is 1.73. The molecule has 0 unspecified atom stereocenters. The van der Waals surface area contributed by atoms with Crippen LogP contribution in [0.1, 0.15) is 19.8 Å². The molecule has 82 valence electrons. The number of hydrogen-bond donors (Lipinski definition) is 2. The predicted octanol–water partition coefficient (Wildman–Crippen LogP) is -0.680. The second-order valence-electron chi connectivity index (χ2n) is 3.30. The van der Waals surface area contributed by atoms with Gasteiger partial charge in [0.25, 0.3) is 0 Å². The first-order valence-corrected chi connectivity index (χ1v) is 4.79. The van der Waals surface area contributed by atoms with Gasteiger partial charge in [-0.3, -0.25) is 14.5 Å². The minimum atomic E-state index is -0.342. The van der Waals surface area contributed by atoms with Crippen LogP contribution in [0, 0.1) is 0 Å². The van der Waals surface area contributed by atoms with Gasteiger partial charge in [0.15, 0.2) is 0 Å². The Bertz CT molecular complexity index is 194. The average molecular weight is 201 g/mol. The fourth-order valence-electron chi connectivity index (χ4n) is 0.946. The second-order valence-corrected chi connectivity index (χ2v) is 3.30. The maximum atomic E-state index is 11.2. The van der Waals surface area contributed by atoms with Gasteiger partial charge in [0.05, 0.1) is 6.54 Å². The molecule has 14 heavy (non-hydrogen) atoms. The highest BCUT2D eigenvalue weighted by Gasteiger charge is 2.06. The van der Waals surface area contributed by atoms with Crippen LogP contribution in [0.3, 0.4) is 0 Å². The Labute approximate surface area is 84.6 Å². The van der Waals surface area contributed by atoms with Crippen molar-refractivity contribution in [2.24, 2.45) is 5.73 Å². The SMILES string of the molecule is CCCNC(=O)CN(C)CCC(N)=O. The van der Waals surface area contributed by atoms with Crippen LogP contribution in [0.25, 0.3) is 0 Å². The molecule has 0 aromatic heterocycles. The summed E-state index contributed by atoms with van der Waals surface area (Å²) in [7, 11) is 1.79. The van der Waals surface area contributed by atoms with E-state index in [-0.39, 0.29) is 18.2 Å². The summed E-state index contributed by atoms with van der Waals surface area (Å²) in [6.07, 6.45) is 1.22. The number of carbonyl (C=O) groups is 2. The molecule has 0 saturated heterocycles. The van der Waals surface area contributed by atoms with E-state index in [2.05, 4.69) is 5.32 Å². The van der Waals surface area contributed by atoms with Crippen molar-refractivity contribution < 1.29 is 9.59 Å². The van der Waals surface area contributed by atoms with E-state index in [4.69, 9.17) is 5.73 Å². The van der Waals surface area contributed by atoms with Gasteiger partial charge >= 0.3 is 0 Å². The number of likely N-dealkylation sites (N-methyl/N-ethyl adjacent to an activating group) is 1. The maximum absolute atomic E-state index is 11.2. The quantitative estimate of drug-likeness (QED) is 0.573. The molecule has 0 spiro atoms. The van der Waals surface area contributed by atoms with Crippen molar-refractivity contribution in [3.8, 4) is 0 Å². The topological polar surface area (TPSA) is 75.4 Å². The highest BCUT2D eigenvalue weighted by atomic mass is 16.2. The van der Waals surface area contributed by atoms with Crippen molar-refractivity contribution in [1.29, 1.82) is 0 Å². The van der Waals surface area contributed by atoms with E-state index < -0.39 is 0 Å². The first kappa shape index (κ1) is 12.9. The number of primary amides is 1. The second kappa shape index (κ2) is 7.32. The van der Waals surface area contributed by atoms with Crippen molar-refractivity contribution in [1.82, 2.24) is 10.2 Å². The van der Waals surface area contributed by atoms with Gasteiger partial charge in [-0.15, -0.1) is 0 Å². The molecule has 0 fully saturated rings. The number of nitrogens with two attached hydrogens (primary N) is 1. The monoisotopic (exact) mass is 201 g/mol. The zero-order chi connectivity index (χ0) is 11.0. The molecule has 2 amide bonds. The molecule has 0 aliphatic carbocycles. The van der Waals surface area contributed by atoms with Crippen LogP contribution < -0.4 is 11.1 Å². The first-order valence-electron chi connectivity index (χ1n) is 4.79. The van der Waals surface area contributed by atoms with Gasteiger partial charge in [-0.05, 0) is 13.5 Å². The van der Waals surface area contributed by atoms with Crippen LogP contribution >= 0.6 is 0 Å². The minimum absolute atomic E-state index is 0.0150. The fraction of sp³-hybridized carbons (Fsp3) is 0.778. The zero-order valence-corrected chi connectivity index (χ0v) is 8.88. The summed E-state index contributed by atoms with van der Waals surface area (Å²) in [4.78, 5) is 23.4. The summed E-state index contributed by atoms with van der Waals surface area (Å²) in [6.45, 7) is 3.53. The molecular formula is C9H19N3O2. The predicted molar refractivity (Wildman–Crippen MR) is 54.6 cm³/mol. The lowest BCUT2D eigenvalue weighted by atomic mass is 10.3. The van der Waals surface area contributed by atoms with E-state index in [1.165, 1.54) is 0 Å². The number of hydrogen-bond acceptors (Lipinski definition) is 3. The summed E-state index contributed by atoms with van der Waals surface area (Å²) in [5.74, 6) is -0.357. The van der Waals surface area contributed by atoms with Crippen LogP contribution in [0.2, 0.25) is 0 Å². The number of nitrogens with one attached hydrogen (secondary N) is 1. The molecule has 3 N–H and O–H groups in total. The van der Waals surface area contributed by atoms with E-state index >= 15 is 0 Å². The summed E-state index contributed by atoms with van der Waals surface area (Å²) >= 11 is 0. The van der Waals surface area contributed by atoms with Gasteiger partial charge < -0.3 is 11.1 Å². The van der Waals surface area contributed by atoms with Gasteiger partial charge in [-0.1, -0.05) is 6.92 Å². The van der Waals surface area contributed by atoms with Gasteiger partial charge in [0.2, 0.25) is 11.8 Å². The Morgan fingerprint density at radius 3 is 2.57 bits per heavy atom. The lowest BCUT2D eigenvalue weighted by molar-refractivity contribution is -0.123. The van der Waals surface area contributed by atoms with Crippen LogP contribution in [-0.2, 0) is 9.59 Å². The molecule has 0 rings (SSSR count). The van der Waals surface area contributed by atoms with Crippen molar-refractivity contribution in [3.63, 3.8) is 0 Å². The van der Waals surface area contributed by atoms with Crippen molar-refractivity contribution >= 4 is 11.8 Å². The normalized spacial score (nSPS) is 10.2. The molecule has 0 heterocycles. The molecule has 5 nitrogen and oxygen atoms in total. The molecule has 0 aliphatic heterocycles. The van der Waals surface area contributed by atoms with Crippen LogP contribution in [0.15, 0.2) is 0 Å². The van der Waals surface area contributed by atoms with E-state index in [1.54, 1.807) is 11.9 Å². The lowest BCUT2D eigenvalue weighted by Gasteiger charge is -2.14. The number of amides is 2. The zero-order valence-electron chi connectivity index (χ0n) is 8.88. The third-order valence-electron chi connectivity index (χ3n) is 1.73. The van der Waals surface area contributed by atoms with Gasteiger partial charge in [0.1, 0.15) is 0 Å². The molecule has 0 radical (unpaired) electrons. The van der Waals surface area contributed by atoms with E-state index in [0.717, 1.165) is 6.42 Å². The first-order chi connectivity index (χ1) is 6.56. The molecule has 0 atom stereocenters. The molecular weight excluding hydrogens is 182 g/mol. The number of rotatable bonds is 7. The Kier molecular flexibility index (Phi) is 6.74. The Hall–Kier alpha value is -1.10. The summed E-state index contributed by atoms with van der Waals surface area (Å²) in [5.41, 5.74) is 4.99. The van der Waals surface area contributed by atoms with E-state index in [0.29, 0.717) is 19.6 Å². The van der Waals surface area contributed by atoms with Crippen LogP contribution in [-0.4, -0.2) is 43.4 Å². The number of nitrogens with zero attached hydrogens (tertiary/aromatic N) is 1. The van der Waals surface area contributed by atoms with Crippen LogP contribution in [0.5, 0.6) is 0 Å². The van der Waals surface area contributed by atoms with Gasteiger partial charge in [-0.2, -0.15) is 0 Å². The Morgan fingerprint density at radius 1 is 1.43 bits per heavy atom. The van der Waals surface area contributed by atoms with Crippen molar-refractivity contribution in [2.75, 3.05) is 26.7 Å². The molecule has 0 aromatic rings. The minimum Gasteiger partial charge on any atom is -0.370 e. The van der Waals surface area contributed by atoms with E-state index in [9.17, 15) is 9.59 Å². The third kappa shape index (κ3) is 7.54. The van der Waals surface area contributed by atoms with Crippen LogP contribution in [0.4, 0.5) is 0 Å². The maximum Gasteiger partial charge on any atom is 0.234 e. The summed E-state index contributed by atoms with van der Waals surface area (Å²) in [5, 5.41) is 2.75. The smallest absolute Gasteiger partial charge is 0.234 e. The molecule has 5 heteroatoms. The molecule has 0 bridgehead atoms. The van der Waals surface area contributed by atoms with E-state index in [1.807, 2.05) is 6.92 Å². The average Bonchev–Trinajstić information content (AvgIpc) is 2.11. The highest BCUT2D eigenvalue weighted by Crippen LogP contribution is 1.86. The van der Waals surface area contributed by atoms with Gasteiger partial charge in [-0.25, -0.2) is 0 Å². The van der Waals surface area contributed by atoms with Crippen molar-refractivity contribution in [2.45, 2.75) is 19.8 Å². The van der Waals surface area contributed by atoms with Gasteiger partial charge in [0, 0.05) is 19.5 Å². The fourth-order valence-corrected chi connectivity index (χ4v) is 0.946. The molecule has 0 aromatic carbocycles.